The third-order valence-electron chi connectivity index (χ3n) is 6.60. The minimum atomic E-state index is 0.0951. The van der Waals surface area contributed by atoms with Gasteiger partial charge in [0.05, 0.1) is 20.8 Å². The summed E-state index contributed by atoms with van der Waals surface area (Å²) in [7, 11) is 3.45. The number of hydrogen-bond donors (Lipinski definition) is 1. The lowest BCUT2D eigenvalue weighted by atomic mass is 9.64. The Balaban J connectivity index is 1.70. The van der Waals surface area contributed by atoms with Crippen LogP contribution in [0.4, 0.5) is 0 Å². The van der Waals surface area contributed by atoms with Crippen molar-refractivity contribution < 1.29 is 14.6 Å². The molecule has 1 unspecified atom stereocenters. The predicted octanol–water partition coefficient (Wildman–Crippen LogP) is 4.35. The summed E-state index contributed by atoms with van der Waals surface area (Å²) in [5, 5.41) is 9.92. The van der Waals surface area contributed by atoms with Crippen molar-refractivity contribution in [2.45, 2.75) is 44.6 Å². The average Bonchev–Trinajstić information content (AvgIpc) is 3.16. The first-order chi connectivity index (χ1) is 12.2. The standard InChI is InChI=1S/C22H28O3/c1-24-16-8-6-14(7-9-16)20-12-21-15(13-23)10-17(25-2)11-22(21)19-5-3-4-18(19)20/h6,8-11,14,18-20,23H,3-5,7,12-13H2,1-2H3/t14?,18-,19+,20-/m0/s1. The van der Waals surface area contributed by atoms with E-state index in [0.717, 1.165) is 35.8 Å². The van der Waals surface area contributed by atoms with Crippen LogP contribution in [0.25, 0.3) is 0 Å². The van der Waals surface area contributed by atoms with Crippen molar-refractivity contribution in [2.24, 2.45) is 17.8 Å². The van der Waals surface area contributed by atoms with Crippen molar-refractivity contribution >= 4 is 0 Å². The number of ether oxygens (including phenoxy) is 2. The number of benzene rings is 1. The monoisotopic (exact) mass is 340 g/mol. The van der Waals surface area contributed by atoms with E-state index < -0.39 is 0 Å². The van der Waals surface area contributed by atoms with Gasteiger partial charge in [-0.05, 0) is 90.3 Å². The molecule has 3 aliphatic rings. The Bertz CT molecular complexity index is 703. The molecular weight excluding hydrogens is 312 g/mol. The van der Waals surface area contributed by atoms with Crippen LogP contribution in [0.1, 0.15) is 48.3 Å². The van der Waals surface area contributed by atoms with E-state index in [9.17, 15) is 5.11 Å². The highest BCUT2D eigenvalue weighted by Crippen LogP contribution is 2.53. The Labute approximate surface area is 150 Å². The van der Waals surface area contributed by atoms with Gasteiger partial charge in [-0.2, -0.15) is 0 Å². The zero-order valence-electron chi connectivity index (χ0n) is 15.2. The Hall–Kier alpha value is -1.74. The first kappa shape index (κ1) is 16.7. The number of hydrogen-bond acceptors (Lipinski definition) is 3. The van der Waals surface area contributed by atoms with Crippen molar-refractivity contribution in [3.05, 3.63) is 52.8 Å². The molecule has 4 rings (SSSR count). The van der Waals surface area contributed by atoms with E-state index in [-0.39, 0.29) is 6.61 Å². The summed E-state index contributed by atoms with van der Waals surface area (Å²) < 4.78 is 10.9. The second-order valence-corrected chi connectivity index (χ2v) is 7.65. The van der Waals surface area contributed by atoms with Crippen molar-refractivity contribution in [1.82, 2.24) is 0 Å². The molecule has 0 heterocycles. The average molecular weight is 340 g/mol. The van der Waals surface area contributed by atoms with Crippen LogP contribution in [0.5, 0.6) is 5.75 Å². The van der Waals surface area contributed by atoms with Crippen LogP contribution >= 0.6 is 0 Å². The predicted molar refractivity (Wildman–Crippen MR) is 98.5 cm³/mol. The number of fused-ring (bicyclic) bond motifs is 3. The van der Waals surface area contributed by atoms with Crippen LogP contribution in [-0.2, 0) is 17.8 Å². The highest BCUT2D eigenvalue weighted by atomic mass is 16.5. The molecule has 4 atom stereocenters. The quantitative estimate of drug-likeness (QED) is 0.885. The van der Waals surface area contributed by atoms with Crippen LogP contribution in [0.2, 0.25) is 0 Å². The van der Waals surface area contributed by atoms with Gasteiger partial charge in [0.15, 0.2) is 0 Å². The van der Waals surface area contributed by atoms with Crippen LogP contribution in [0.15, 0.2) is 36.1 Å². The highest BCUT2D eigenvalue weighted by molar-refractivity contribution is 5.47. The highest BCUT2D eigenvalue weighted by Gasteiger charge is 2.43. The van der Waals surface area contributed by atoms with Crippen molar-refractivity contribution in [3.63, 3.8) is 0 Å². The molecule has 1 saturated carbocycles. The molecular formula is C22H28O3. The molecule has 1 N–H and O–H groups in total. The van der Waals surface area contributed by atoms with Gasteiger partial charge < -0.3 is 14.6 Å². The maximum atomic E-state index is 9.92. The second kappa shape index (κ2) is 6.87. The summed E-state index contributed by atoms with van der Waals surface area (Å²) in [5.41, 5.74) is 3.87. The largest absolute Gasteiger partial charge is 0.497 e. The van der Waals surface area contributed by atoms with Crippen LogP contribution < -0.4 is 4.74 Å². The summed E-state index contributed by atoms with van der Waals surface area (Å²) >= 11 is 0. The topological polar surface area (TPSA) is 38.7 Å². The molecule has 1 aromatic carbocycles. The van der Waals surface area contributed by atoms with Crippen LogP contribution in [0, 0.1) is 17.8 Å². The van der Waals surface area contributed by atoms with Gasteiger partial charge in [-0.25, -0.2) is 0 Å². The molecule has 0 radical (unpaired) electrons. The molecule has 0 saturated heterocycles. The Kier molecular flexibility index (Phi) is 4.60. The Morgan fingerprint density at radius 1 is 1.12 bits per heavy atom. The normalized spacial score (nSPS) is 30.4. The van der Waals surface area contributed by atoms with Gasteiger partial charge >= 0.3 is 0 Å². The molecule has 134 valence electrons. The molecule has 0 amide bonds. The third kappa shape index (κ3) is 2.89. The number of allylic oxidation sites excluding steroid dienone is 3. The zero-order valence-corrected chi connectivity index (χ0v) is 15.2. The summed E-state index contributed by atoms with van der Waals surface area (Å²) in [6, 6.07) is 4.25. The van der Waals surface area contributed by atoms with E-state index in [2.05, 4.69) is 24.3 Å². The lowest BCUT2D eigenvalue weighted by molar-refractivity contribution is 0.215. The van der Waals surface area contributed by atoms with Gasteiger partial charge in [0.1, 0.15) is 11.5 Å². The molecule has 3 heteroatoms. The zero-order chi connectivity index (χ0) is 17.4. The van der Waals surface area contributed by atoms with E-state index in [1.807, 2.05) is 6.07 Å². The fraction of sp³-hybridized carbons (Fsp3) is 0.545. The van der Waals surface area contributed by atoms with E-state index in [1.165, 1.54) is 30.4 Å². The Morgan fingerprint density at radius 2 is 2.00 bits per heavy atom. The third-order valence-corrected chi connectivity index (χ3v) is 6.60. The molecule has 25 heavy (non-hydrogen) atoms. The number of methoxy groups -OCH3 is 2. The van der Waals surface area contributed by atoms with Crippen molar-refractivity contribution in [3.8, 4) is 5.75 Å². The first-order valence-electron chi connectivity index (χ1n) is 9.48. The van der Waals surface area contributed by atoms with Gasteiger partial charge in [-0.15, -0.1) is 0 Å². The van der Waals surface area contributed by atoms with Crippen LogP contribution in [0.3, 0.4) is 0 Å². The smallest absolute Gasteiger partial charge is 0.119 e. The van der Waals surface area contributed by atoms with Gasteiger partial charge in [-0.3, -0.25) is 0 Å². The summed E-state index contributed by atoms with van der Waals surface area (Å²) in [5.74, 6) is 4.47. The second-order valence-electron chi connectivity index (χ2n) is 7.65. The molecule has 0 aliphatic heterocycles. The van der Waals surface area contributed by atoms with E-state index in [1.54, 1.807) is 14.2 Å². The number of aliphatic hydroxyl groups is 1. The van der Waals surface area contributed by atoms with Crippen LogP contribution in [-0.4, -0.2) is 19.3 Å². The lowest BCUT2D eigenvalue weighted by Gasteiger charge is -2.40. The van der Waals surface area contributed by atoms with E-state index >= 15 is 0 Å². The first-order valence-corrected chi connectivity index (χ1v) is 9.48. The van der Waals surface area contributed by atoms with Gasteiger partial charge in [-0.1, -0.05) is 12.5 Å². The molecule has 3 nitrogen and oxygen atoms in total. The molecule has 0 bridgehead atoms. The summed E-state index contributed by atoms with van der Waals surface area (Å²) in [6.07, 6.45) is 12.8. The maximum absolute atomic E-state index is 9.92. The molecule has 3 aliphatic carbocycles. The molecule has 1 aromatic rings. The van der Waals surface area contributed by atoms with Gasteiger partial charge in [0.2, 0.25) is 0 Å². The molecule has 0 aromatic heterocycles. The summed E-state index contributed by atoms with van der Waals surface area (Å²) in [4.78, 5) is 0. The summed E-state index contributed by atoms with van der Waals surface area (Å²) in [6.45, 7) is 0.0951. The van der Waals surface area contributed by atoms with E-state index in [4.69, 9.17) is 9.47 Å². The maximum Gasteiger partial charge on any atom is 0.119 e. The SMILES string of the molecule is COC1=CCC([C@@H]2Cc3c(CO)cc(OC)cc3[C@@H]3CCC[C@@H]32)C=C1. The minimum Gasteiger partial charge on any atom is -0.497 e. The fourth-order valence-electron chi connectivity index (χ4n) is 5.39. The molecule has 1 fully saturated rings. The fourth-order valence-corrected chi connectivity index (χ4v) is 5.39. The number of aliphatic hydroxyl groups excluding tert-OH is 1. The van der Waals surface area contributed by atoms with Gasteiger partial charge in [0, 0.05) is 0 Å². The van der Waals surface area contributed by atoms with E-state index in [0.29, 0.717) is 17.8 Å². The van der Waals surface area contributed by atoms with Gasteiger partial charge in [0.25, 0.3) is 0 Å². The lowest BCUT2D eigenvalue weighted by Crippen LogP contribution is -2.32. The van der Waals surface area contributed by atoms with Crippen molar-refractivity contribution in [2.75, 3.05) is 14.2 Å². The number of rotatable bonds is 4. The molecule has 0 spiro atoms. The minimum absolute atomic E-state index is 0.0951. The Morgan fingerprint density at radius 3 is 2.68 bits per heavy atom. The van der Waals surface area contributed by atoms with Crippen molar-refractivity contribution in [1.29, 1.82) is 0 Å².